The van der Waals surface area contributed by atoms with Crippen LogP contribution < -0.4 is 5.19 Å². The molecule has 0 aliphatic heterocycles. The van der Waals surface area contributed by atoms with Crippen molar-refractivity contribution in [3.8, 4) is 56.4 Å². The van der Waals surface area contributed by atoms with Gasteiger partial charge in [0.15, 0.2) is 17.5 Å². The maximum Gasteiger partial charge on any atom is 0.165 e. The van der Waals surface area contributed by atoms with Gasteiger partial charge >= 0.3 is 0 Å². The normalized spacial score (nSPS) is 13.4. The summed E-state index contributed by atoms with van der Waals surface area (Å²) in [5.74, 6) is 1.89. The molecule has 2 aromatic heterocycles. The van der Waals surface area contributed by atoms with Gasteiger partial charge in [0, 0.05) is 40.1 Å². The average Bonchev–Trinajstić information content (AvgIpc) is 3.26. The first-order valence-electron chi connectivity index (χ1n) is 14.8. The van der Waals surface area contributed by atoms with E-state index < -0.39 is 8.07 Å². The fraction of sp³-hybridized carbons (Fsp3) is 0.158. The molecule has 2 heterocycles. The van der Waals surface area contributed by atoms with Crippen LogP contribution in [-0.2, 0) is 5.41 Å². The van der Waals surface area contributed by atoms with Crippen LogP contribution in [0.5, 0.6) is 0 Å². The van der Waals surface area contributed by atoms with Crippen LogP contribution in [0.3, 0.4) is 0 Å². The molecule has 210 valence electrons. The van der Waals surface area contributed by atoms with E-state index in [4.69, 9.17) is 15.0 Å². The van der Waals surface area contributed by atoms with Crippen molar-refractivity contribution in [2.24, 2.45) is 0 Å². The molecule has 0 radical (unpaired) electrons. The van der Waals surface area contributed by atoms with E-state index in [1.165, 1.54) is 27.4 Å². The molecular formula is C38H34N4Si. The lowest BCUT2D eigenvalue weighted by molar-refractivity contribution is 0.661. The van der Waals surface area contributed by atoms with Crippen LogP contribution in [0.1, 0.15) is 25.0 Å². The number of hydrogen-bond donors (Lipinski definition) is 0. The molecule has 0 unspecified atom stereocenters. The first-order chi connectivity index (χ1) is 20.7. The number of benzene rings is 4. The largest absolute Gasteiger partial charge is 0.263 e. The number of fused-ring (bicyclic) bond motifs is 3. The highest BCUT2D eigenvalue weighted by atomic mass is 28.3. The minimum atomic E-state index is -1.42. The second-order valence-electron chi connectivity index (χ2n) is 12.9. The minimum Gasteiger partial charge on any atom is -0.263 e. The number of nitrogens with zero attached hydrogens (tertiary/aromatic N) is 4. The zero-order valence-electron chi connectivity index (χ0n) is 25.3. The van der Waals surface area contributed by atoms with Gasteiger partial charge in [-0.3, -0.25) is 4.98 Å². The first kappa shape index (κ1) is 27.1. The molecule has 0 N–H and O–H groups in total. The molecule has 1 aliphatic carbocycles. The molecule has 0 saturated carbocycles. The van der Waals surface area contributed by atoms with E-state index in [0.717, 1.165) is 27.8 Å². The Bertz CT molecular complexity index is 1920. The van der Waals surface area contributed by atoms with E-state index in [0.29, 0.717) is 17.5 Å². The minimum absolute atomic E-state index is 0.0786. The highest BCUT2D eigenvalue weighted by Crippen LogP contribution is 2.49. The molecule has 0 bridgehead atoms. The Morgan fingerprint density at radius 1 is 0.488 bits per heavy atom. The molecule has 43 heavy (non-hydrogen) atoms. The van der Waals surface area contributed by atoms with Gasteiger partial charge in [-0.15, -0.1) is 0 Å². The Labute approximate surface area is 254 Å². The third-order valence-corrected chi connectivity index (χ3v) is 10.6. The Morgan fingerprint density at radius 2 is 1.00 bits per heavy atom. The molecule has 1 aliphatic rings. The molecule has 0 atom stereocenters. The fourth-order valence-electron chi connectivity index (χ4n) is 6.04. The molecule has 0 amide bonds. The van der Waals surface area contributed by atoms with Crippen LogP contribution in [0.25, 0.3) is 56.4 Å². The third-order valence-electron chi connectivity index (χ3n) is 8.57. The fourth-order valence-corrected chi connectivity index (χ4v) is 7.20. The van der Waals surface area contributed by atoms with Crippen molar-refractivity contribution in [2.75, 3.05) is 0 Å². The topological polar surface area (TPSA) is 51.6 Å². The van der Waals surface area contributed by atoms with Gasteiger partial charge in [-0.25, -0.2) is 15.0 Å². The smallest absolute Gasteiger partial charge is 0.165 e. The summed E-state index contributed by atoms with van der Waals surface area (Å²) in [7, 11) is -1.42. The van der Waals surface area contributed by atoms with Gasteiger partial charge in [-0.05, 0) is 39.9 Å². The number of aromatic nitrogens is 4. The van der Waals surface area contributed by atoms with Crippen molar-refractivity contribution in [1.29, 1.82) is 0 Å². The highest BCUT2D eigenvalue weighted by molar-refractivity contribution is 6.88. The Kier molecular flexibility index (Phi) is 6.44. The summed E-state index contributed by atoms with van der Waals surface area (Å²) in [4.78, 5) is 19.3. The van der Waals surface area contributed by atoms with E-state index in [2.05, 4.69) is 80.9 Å². The molecule has 5 heteroatoms. The van der Waals surface area contributed by atoms with E-state index in [1.54, 1.807) is 0 Å². The zero-order chi connectivity index (χ0) is 29.8. The van der Waals surface area contributed by atoms with Gasteiger partial charge in [0.25, 0.3) is 0 Å². The highest BCUT2D eigenvalue weighted by Gasteiger charge is 2.36. The van der Waals surface area contributed by atoms with Crippen LogP contribution in [0, 0.1) is 0 Å². The Balaban J connectivity index is 1.31. The molecule has 0 fully saturated rings. The van der Waals surface area contributed by atoms with Crippen LogP contribution in [0.2, 0.25) is 19.6 Å². The summed E-state index contributed by atoms with van der Waals surface area (Å²) >= 11 is 0. The monoisotopic (exact) mass is 574 g/mol. The summed E-state index contributed by atoms with van der Waals surface area (Å²) in [6.45, 7) is 12.0. The lowest BCUT2D eigenvalue weighted by atomic mass is 9.81. The van der Waals surface area contributed by atoms with Crippen molar-refractivity contribution < 1.29 is 0 Å². The van der Waals surface area contributed by atoms with Gasteiger partial charge in [0.1, 0.15) is 0 Å². The second-order valence-corrected chi connectivity index (χ2v) is 18.0. The summed E-state index contributed by atoms with van der Waals surface area (Å²) < 4.78 is 0. The third kappa shape index (κ3) is 4.90. The van der Waals surface area contributed by atoms with Crippen LogP contribution >= 0.6 is 0 Å². The summed E-state index contributed by atoms with van der Waals surface area (Å²) in [6, 6.07) is 36.3. The maximum atomic E-state index is 4.91. The first-order valence-corrected chi connectivity index (χ1v) is 18.3. The van der Waals surface area contributed by atoms with Gasteiger partial charge < -0.3 is 0 Å². The SMILES string of the molecule is CC1(C)c2cc(-c3cncc(-c4nc(-c5ccccc5)nc(-c5ccccc5)n4)c3)ccc2-c2ccc([Si](C)(C)C)cc21. The number of pyridine rings is 1. The number of rotatable bonds is 5. The lowest BCUT2D eigenvalue weighted by Crippen LogP contribution is -2.38. The lowest BCUT2D eigenvalue weighted by Gasteiger charge is -2.24. The van der Waals surface area contributed by atoms with Crippen LogP contribution in [-0.4, -0.2) is 28.0 Å². The van der Waals surface area contributed by atoms with E-state index in [9.17, 15) is 0 Å². The molecule has 4 nitrogen and oxygen atoms in total. The molecule has 0 spiro atoms. The maximum absolute atomic E-state index is 4.91. The molecule has 0 saturated heterocycles. The Morgan fingerprint density at radius 3 is 1.58 bits per heavy atom. The standard InChI is InChI=1S/C38H34N4Si/c1-38(2)33-21-27(16-18-31(33)32-19-17-30(22-34(32)38)43(3,4)5)28-20-29(24-39-23-28)37-41-35(25-12-8-6-9-13-25)40-36(42-37)26-14-10-7-11-15-26/h6-24H,1-5H3. The molecule has 7 rings (SSSR count). The van der Waals surface area contributed by atoms with E-state index >= 15 is 0 Å². The molecular weight excluding hydrogens is 541 g/mol. The van der Waals surface area contributed by atoms with Crippen molar-refractivity contribution in [3.63, 3.8) is 0 Å². The van der Waals surface area contributed by atoms with Gasteiger partial charge in [-0.2, -0.15) is 0 Å². The zero-order valence-corrected chi connectivity index (χ0v) is 26.3. The Hall–Kier alpha value is -4.74. The molecule has 4 aromatic carbocycles. The quantitative estimate of drug-likeness (QED) is 0.193. The van der Waals surface area contributed by atoms with Crippen molar-refractivity contribution in [3.05, 3.63) is 127 Å². The van der Waals surface area contributed by atoms with Crippen molar-refractivity contribution >= 4 is 13.3 Å². The van der Waals surface area contributed by atoms with Crippen molar-refractivity contribution in [1.82, 2.24) is 19.9 Å². The summed E-state index contributed by atoms with van der Waals surface area (Å²) in [5, 5.41) is 1.51. The van der Waals surface area contributed by atoms with Crippen LogP contribution in [0.4, 0.5) is 0 Å². The number of hydrogen-bond acceptors (Lipinski definition) is 4. The summed E-state index contributed by atoms with van der Waals surface area (Å²) in [6.07, 6.45) is 3.77. The van der Waals surface area contributed by atoms with Gasteiger partial charge in [0.2, 0.25) is 0 Å². The summed E-state index contributed by atoms with van der Waals surface area (Å²) in [5.41, 5.74) is 10.3. The second kappa shape index (κ2) is 10.2. The van der Waals surface area contributed by atoms with Gasteiger partial charge in [0.05, 0.1) is 8.07 Å². The van der Waals surface area contributed by atoms with E-state index in [-0.39, 0.29) is 5.41 Å². The molecule has 6 aromatic rings. The van der Waals surface area contributed by atoms with Gasteiger partial charge in [-0.1, -0.05) is 130 Å². The predicted octanol–water partition coefficient (Wildman–Crippen LogP) is 8.79. The average molecular weight is 575 g/mol. The van der Waals surface area contributed by atoms with Crippen LogP contribution in [0.15, 0.2) is 116 Å². The predicted molar refractivity (Wildman–Crippen MR) is 180 cm³/mol. The van der Waals surface area contributed by atoms with E-state index in [1.807, 2.05) is 73.1 Å². The van der Waals surface area contributed by atoms with Crippen molar-refractivity contribution in [2.45, 2.75) is 38.9 Å².